The molecule has 3 rings (SSSR count). The molecule has 9 heteroatoms. The van der Waals surface area contributed by atoms with E-state index in [0.717, 1.165) is 45.9 Å². The number of ether oxygens (including phenoxy) is 1. The summed E-state index contributed by atoms with van der Waals surface area (Å²) in [6.07, 6.45) is 0. The number of benzene rings is 2. The molecule has 0 fully saturated rings. The molecule has 0 saturated carbocycles. The third-order valence-electron chi connectivity index (χ3n) is 3.72. The van der Waals surface area contributed by atoms with E-state index >= 15 is 0 Å². The molecule has 1 aromatic heterocycles. The second-order valence-corrected chi connectivity index (χ2v) is 7.07. The van der Waals surface area contributed by atoms with E-state index in [4.69, 9.17) is 16.3 Å². The first-order valence-electron chi connectivity index (χ1n) is 8.24. The smallest absolute Gasteiger partial charge is 0.209 e. The van der Waals surface area contributed by atoms with Gasteiger partial charge in [0.2, 0.25) is 5.16 Å². The molecule has 0 amide bonds. The Bertz CT molecular complexity index is 846. The number of aryl methyl sites for hydroxylation is 1. The minimum absolute atomic E-state index is 0. The summed E-state index contributed by atoms with van der Waals surface area (Å²) in [6, 6.07) is 15.8. The van der Waals surface area contributed by atoms with E-state index < -0.39 is 0 Å². The first-order valence-corrected chi connectivity index (χ1v) is 9.60. The summed E-state index contributed by atoms with van der Waals surface area (Å²) in [6.45, 7) is 2.03. The maximum Gasteiger partial charge on any atom is 0.209 e. The van der Waals surface area contributed by atoms with Crippen molar-refractivity contribution in [2.45, 2.75) is 18.3 Å². The number of hydrogen-bond donors (Lipinski definition) is 1. The molecule has 0 bridgehead atoms. The lowest BCUT2D eigenvalue weighted by Crippen LogP contribution is -3.00. The highest BCUT2D eigenvalue weighted by atomic mass is 35.5. The molecule has 2 aromatic carbocycles. The predicted molar refractivity (Wildman–Crippen MR) is 103 cm³/mol. The van der Waals surface area contributed by atoms with Gasteiger partial charge in [-0.25, -0.2) is 4.68 Å². The van der Waals surface area contributed by atoms with Crippen LogP contribution in [0.3, 0.4) is 0 Å². The van der Waals surface area contributed by atoms with Crippen LogP contribution in [0.1, 0.15) is 11.1 Å². The Balaban J connectivity index is 0.00000261. The normalized spacial score (nSPS) is 10.4. The summed E-state index contributed by atoms with van der Waals surface area (Å²) in [7, 11) is 1.84. The molecule has 1 heterocycles. The van der Waals surface area contributed by atoms with Crippen LogP contribution in [-0.2, 0) is 20.2 Å². The largest absolute Gasteiger partial charge is 1.00 e. The van der Waals surface area contributed by atoms with Crippen molar-refractivity contribution >= 4 is 23.4 Å². The van der Waals surface area contributed by atoms with Crippen molar-refractivity contribution in [3.63, 3.8) is 0 Å². The SMILES string of the molecule is Cn1nnnc1SCCNCc1ccccc1OCc1ccccc1Cl.[Cl-]. The molecule has 1 N–H and O–H groups in total. The number of aromatic nitrogens is 4. The monoisotopic (exact) mass is 424 g/mol. The minimum atomic E-state index is 0. The number of nitrogens with zero attached hydrogens (tertiary/aromatic N) is 4. The van der Waals surface area contributed by atoms with E-state index in [2.05, 4.69) is 26.9 Å². The molecule has 6 nitrogen and oxygen atoms in total. The van der Waals surface area contributed by atoms with Gasteiger partial charge in [-0.05, 0) is 22.6 Å². The van der Waals surface area contributed by atoms with E-state index in [-0.39, 0.29) is 12.4 Å². The number of hydrogen-bond acceptors (Lipinski definition) is 6. The van der Waals surface area contributed by atoms with Gasteiger partial charge in [-0.2, -0.15) is 0 Å². The number of para-hydroxylation sites is 1. The Morgan fingerprint density at radius 2 is 1.85 bits per heavy atom. The highest BCUT2D eigenvalue weighted by molar-refractivity contribution is 7.99. The Hall–Kier alpha value is -1.80. The maximum atomic E-state index is 6.19. The highest BCUT2D eigenvalue weighted by Crippen LogP contribution is 2.22. The van der Waals surface area contributed by atoms with Gasteiger partial charge in [0.05, 0.1) is 0 Å². The molecule has 3 aromatic rings. The summed E-state index contributed by atoms with van der Waals surface area (Å²) in [4.78, 5) is 0. The Morgan fingerprint density at radius 1 is 1.11 bits per heavy atom. The minimum Gasteiger partial charge on any atom is -1.00 e. The van der Waals surface area contributed by atoms with Crippen LogP contribution in [0.4, 0.5) is 0 Å². The van der Waals surface area contributed by atoms with Gasteiger partial charge in [-0.15, -0.1) is 5.10 Å². The molecule has 0 unspecified atom stereocenters. The molecule has 0 radical (unpaired) electrons. The summed E-state index contributed by atoms with van der Waals surface area (Å²) >= 11 is 7.81. The van der Waals surface area contributed by atoms with Crippen molar-refractivity contribution in [1.29, 1.82) is 0 Å². The fourth-order valence-corrected chi connectivity index (χ4v) is 3.28. The van der Waals surface area contributed by atoms with E-state index in [1.54, 1.807) is 16.4 Å². The van der Waals surface area contributed by atoms with Crippen LogP contribution in [0.5, 0.6) is 5.75 Å². The van der Waals surface area contributed by atoms with Gasteiger partial charge < -0.3 is 22.5 Å². The van der Waals surface area contributed by atoms with Crippen molar-refractivity contribution in [3.05, 3.63) is 64.7 Å². The fourth-order valence-electron chi connectivity index (χ4n) is 2.34. The number of halogens is 2. The van der Waals surface area contributed by atoms with Gasteiger partial charge in [0.25, 0.3) is 0 Å². The van der Waals surface area contributed by atoms with Gasteiger partial charge in [0.15, 0.2) is 0 Å². The molecule has 0 aliphatic carbocycles. The standard InChI is InChI=1S/C18H20ClN5OS.ClH/c1-24-18(21-22-23-24)26-11-10-20-12-14-6-3-5-9-17(14)25-13-15-7-2-4-8-16(15)19;/h2-9,20H,10-13H2,1H3;1H/p-1. The van der Waals surface area contributed by atoms with Gasteiger partial charge in [-0.1, -0.05) is 59.8 Å². The van der Waals surface area contributed by atoms with Crippen LogP contribution in [0.15, 0.2) is 53.7 Å². The zero-order valence-corrected chi connectivity index (χ0v) is 17.1. The molecule has 0 saturated heterocycles. The molecule has 0 atom stereocenters. The average Bonchev–Trinajstić information content (AvgIpc) is 3.06. The summed E-state index contributed by atoms with van der Waals surface area (Å²) in [5.74, 6) is 1.75. The third kappa shape index (κ3) is 6.39. The van der Waals surface area contributed by atoms with Crippen LogP contribution < -0.4 is 22.5 Å². The van der Waals surface area contributed by atoms with Crippen LogP contribution in [0.25, 0.3) is 0 Å². The van der Waals surface area contributed by atoms with Crippen LogP contribution in [0, 0.1) is 0 Å². The van der Waals surface area contributed by atoms with E-state index in [9.17, 15) is 0 Å². The molecule has 0 aliphatic heterocycles. The van der Waals surface area contributed by atoms with Gasteiger partial charge in [-0.3, -0.25) is 0 Å². The predicted octanol–water partition coefficient (Wildman–Crippen LogP) is 0.328. The number of rotatable bonds is 9. The molecule has 0 spiro atoms. The average molecular weight is 425 g/mol. The first-order chi connectivity index (χ1) is 12.7. The lowest BCUT2D eigenvalue weighted by Gasteiger charge is -2.13. The topological polar surface area (TPSA) is 64.9 Å². The second-order valence-electron chi connectivity index (χ2n) is 5.60. The van der Waals surface area contributed by atoms with Crippen LogP contribution in [-0.4, -0.2) is 32.5 Å². The van der Waals surface area contributed by atoms with E-state index in [1.807, 2.05) is 49.5 Å². The van der Waals surface area contributed by atoms with Gasteiger partial charge >= 0.3 is 0 Å². The summed E-state index contributed by atoms with van der Waals surface area (Å²) in [5.41, 5.74) is 2.09. The molecule has 0 aliphatic rings. The third-order valence-corrected chi connectivity index (χ3v) is 5.10. The lowest BCUT2D eigenvalue weighted by molar-refractivity contribution is -0.00000573. The maximum absolute atomic E-state index is 6.19. The Kier molecular flexibility index (Phi) is 8.87. The van der Waals surface area contributed by atoms with E-state index in [0.29, 0.717) is 6.61 Å². The number of tetrazole rings is 1. The molecular formula is C18H20Cl2N5OS-. The lowest BCUT2D eigenvalue weighted by atomic mass is 10.2. The Labute approximate surface area is 174 Å². The summed E-state index contributed by atoms with van der Waals surface area (Å²) < 4.78 is 7.65. The van der Waals surface area contributed by atoms with Crippen LogP contribution >= 0.6 is 23.4 Å². The second kappa shape index (κ2) is 11.1. The van der Waals surface area contributed by atoms with Crippen molar-refractivity contribution in [2.75, 3.05) is 12.3 Å². The van der Waals surface area contributed by atoms with Crippen LogP contribution in [0.2, 0.25) is 5.02 Å². The highest BCUT2D eigenvalue weighted by Gasteiger charge is 2.06. The quantitative estimate of drug-likeness (QED) is 0.394. The number of nitrogens with one attached hydrogen (secondary N) is 1. The van der Waals surface area contributed by atoms with Crippen molar-refractivity contribution in [2.24, 2.45) is 7.05 Å². The van der Waals surface area contributed by atoms with Crippen molar-refractivity contribution in [3.8, 4) is 5.75 Å². The van der Waals surface area contributed by atoms with E-state index in [1.165, 1.54) is 0 Å². The fraction of sp³-hybridized carbons (Fsp3) is 0.278. The van der Waals surface area contributed by atoms with Gasteiger partial charge in [0, 0.05) is 42.0 Å². The molecular weight excluding hydrogens is 405 g/mol. The van der Waals surface area contributed by atoms with Gasteiger partial charge in [0.1, 0.15) is 12.4 Å². The van der Waals surface area contributed by atoms with Crippen molar-refractivity contribution < 1.29 is 17.1 Å². The molecule has 144 valence electrons. The zero-order valence-electron chi connectivity index (χ0n) is 14.8. The Morgan fingerprint density at radius 3 is 2.59 bits per heavy atom. The summed E-state index contributed by atoms with van der Waals surface area (Å²) in [5, 5.41) is 16.4. The first kappa shape index (κ1) is 21.5. The zero-order chi connectivity index (χ0) is 18.2. The molecule has 27 heavy (non-hydrogen) atoms. The van der Waals surface area contributed by atoms with Crippen molar-refractivity contribution in [1.82, 2.24) is 25.5 Å². The number of thioether (sulfide) groups is 1.